The van der Waals surface area contributed by atoms with Gasteiger partial charge < -0.3 is 14.7 Å². The fourth-order valence-electron chi connectivity index (χ4n) is 3.73. The molecule has 0 spiro atoms. The van der Waals surface area contributed by atoms with Crippen molar-refractivity contribution in [2.45, 2.75) is 0 Å². The van der Waals surface area contributed by atoms with Crippen molar-refractivity contribution in [3.8, 4) is 28.0 Å². The molecule has 2 N–H and O–H groups in total. The molecule has 0 radical (unpaired) electrons. The Hall–Kier alpha value is -2.82. The molecule has 0 atom stereocenters. The average molecular weight is 312 g/mol. The van der Waals surface area contributed by atoms with Gasteiger partial charge >= 0.3 is 7.32 Å². The smallest absolute Gasteiger partial charge is 0.511 e. The minimum atomic E-state index is -1.84. The van der Waals surface area contributed by atoms with Crippen molar-refractivity contribution in [1.82, 2.24) is 0 Å². The van der Waals surface area contributed by atoms with Crippen LogP contribution in [0.3, 0.4) is 0 Å². The van der Waals surface area contributed by atoms with Crippen LogP contribution in [0.2, 0.25) is 0 Å². The topological polar surface area (TPSA) is 49.7 Å². The average Bonchev–Trinajstić information content (AvgIpc) is 2.91. The molecule has 4 heteroatoms. The van der Waals surface area contributed by atoms with Gasteiger partial charge in [-0.3, -0.25) is 0 Å². The van der Waals surface area contributed by atoms with E-state index in [1.165, 1.54) is 5.39 Å². The minimum Gasteiger partial charge on any atom is -0.511 e. The molecule has 0 unspecified atom stereocenters. The van der Waals surface area contributed by atoms with Crippen LogP contribution in [0.1, 0.15) is 0 Å². The van der Waals surface area contributed by atoms with Crippen molar-refractivity contribution in [3.05, 3.63) is 66.7 Å². The van der Waals surface area contributed by atoms with Gasteiger partial charge in [0.1, 0.15) is 5.75 Å². The summed E-state index contributed by atoms with van der Waals surface area (Å²) in [5.74, 6) is 0.485. The third-order valence-electron chi connectivity index (χ3n) is 4.69. The van der Waals surface area contributed by atoms with Crippen LogP contribution in [0.25, 0.3) is 43.8 Å². The lowest BCUT2D eigenvalue weighted by Gasteiger charge is -2.12. The van der Waals surface area contributed by atoms with E-state index in [4.69, 9.17) is 4.65 Å². The third kappa shape index (κ3) is 1.81. The van der Waals surface area contributed by atoms with E-state index in [0.29, 0.717) is 5.75 Å². The van der Waals surface area contributed by atoms with Crippen LogP contribution in [0.15, 0.2) is 66.7 Å². The fraction of sp³-hybridized carbons (Fsp3) is 0. The SMILES string of the molecule is OB(O)Oc1ccc2cccc3c2c1-c1cc2ccccc2cc1-3. The van der Waals surface area contributed by atoms with E-state index >= 15 is 0 Å². The van der Waals surface area contributed by atoms with Crippen molar-refractivity contribution >= 4 is 28.9 Å². The summed E-state index contributed by atoms with van der Waals surface area (Å²) in [6.45, 7) is 0. The zero-order chi connectivity index (χ0) is 16.3. The summed E-state index contributed by atoms with van der Waals surface area (Å²) in [6.07, 6.45) is 0. The van der Waals surface area contributed by atoms with E-state index < -0.39 is 7.32 Å². The second kappa shape index (κ2) is 4.84. The van der Waals surface area contributed by atoms with Crippen LogP contribution in [0.4, 0.5) is 0 Å². The number of hydrogen-bond donors (Lipinski definition) is 2. The summed E-state index contributed by atoms with van der Waals surface area (Å²) in [5, 5.41) is 23.1. The Morgan fingerprint density at radius 1 is 0.667 bits per heavy atom. The normalized spacial score (nSPS) is 11.8. The molecule has 5 rings (SSSR count). The Morgan fingerprint density at radius 2 is 1.38 bits per heavy atom. The van der Waals surface area contributed by atoms with Crippen LogP contribution < -0.4 is 4.65 Å². The van der Waals surface area contributed by atoms with E-state index in [1.54, 1.807) is 6.07 Å². The molecule has 0 aliphatic heterocycles. The third-order valence-corrected chi connectivity index (χ3v) is 4.69. The molecule has 114 valence electrons. The monoisotopic (exact) mass is 312 g/mol. The number of hydrogen-bond acceptors (Lipinski definition) is 3. The number of fused-ring (bicyclic) bond motifs is 4. The lowest BCUT2D eigenvalue weighted by Crippen LogP contribution is -2.20. The number of rotatable bonds is 2. The maximum atomic E-state index is 9.27. The highest BCUT2D eigenvalue weighted by Gasteiger charge is 2.26. The zero-order valence-electron chi connectivity index (χ0n) is 12.7. The summed E-state index contributed by atoms with van der Waals surface area (Å²) < 4.78 is 5.26. The first-order chi connectivity index (χ1) is 11.7. The molecule has 4 aromatic rings. The van der Waals surface area contributed by atoms with Gasteiger partial charge in [-0.25, -0.2) is 0 Å². The van der Waals surface area contributed by atoms with Gasteiger partial charge in [0.05, 0.1) is 0 Å². The van der Waals surface area contributed by atoms with Crippen molar-refractivity contribution in [1.29, 1.82) is 0 Å². The summed E-state index contributed by atoms with van der Waals surface area (Å²) in [7, 11) is -1.84. The fourth-order valence-corrected chi connectivity index (χ4v) is 3.73. The highest BCUT2D eigenvalue weighted by Crippen LogP contribution is 2.52. The van der Waals surface area contributed by atoms with Gasteiger partial charge in [-0.1, -0.05) is 48.5 Å². The Kier molecular flexibility index (Phi) is 2.74. The Labute approximate surface area is 138 Å². The van der Waals surface area contributed by atoms with Gasteiger partial charge in [0.25, 0.3) is 0 Å². The maximum absolute atomic E-state index is 9.27. The van der Waals surface area contributed by atoms with Crippen molar-refractivity contribution < 1.29 is 14.7 Å². The quantitative estimate of drug-likeness (QED) is 0.485. The molecule has 24 heavy (non-hydrogen) atoms. The predicted octanol–water partition coefficient (Wildman–Crippen LogP) is 3.99. The lowest BCUT2D eigenvalue weighted by atomic mass is 9.98. The molecular weight excluding hydrogens is 299 g/mol. The van der Waals surface area contributed by atoms with Gasteiger partial charge in [0.2, 0.25) is 0 Å². The van der Waals surface area contributed by atoms with Gasteiger partial charge in [0, 0.05) is 10.9 Å². The van der Waals surface area contributed by atoms with Crippen molar-refractivity contribution in [2.24, 2.45) is 0 Å². The summed E-state index contributed by atoms with van der Waals surface area (Å²) >= 11 is 0. The van der Waals surface area contributed by atoms with Gasteiger partial charge in [0.15, 0.2) is 0 Å². The van der Waals surface area contributed by atoms with Crippen LogP contribution in [0.5, 0.6) is 5.75 Å². The van der Waals surface area contributed by atoms with E-state index in [-0.39, 0.29) is 0 Å². The van der Waals surface area contributed by atoms with Crippen LogP contribution in [0, 0.1) is 0 Å². The Morgan fingerprint density at radius 3 is 2.12 bits per heavy atom. The molecule has 0 bridgehead atoms. The molecule has 0 saturated heterocycles. The van der Waals surface area contributed by atoms with Crippen LogP contribution >= 0.6 is 0 Å². The Bertz CT molecular complexity index is 1120. The Balaban J connectivity index is 1.92. The first kappa shape index (κ1) is 13.6. The van der Waals surface area contributed by atoms with Gasteiger partial charge in [-0.2, -0.15) is 0 Å². The molecule has 0 saturated carbocycles. The van der Waals surface area contributed by atoms with E-state index in [9.17, 15) is 10.0 Å². The molecule has 0 heterocycles. The van der Waals surface area contributed by atoms with Crippen LogP contribution in [-0.4, -0.2) is 17.4 Å². The van der Waals surface area contributed by atoms with Gasteiger partial charge in [-0.15, -0.1) is 0 Å². The molecular formula is C20H13BO3. The number of benzene rings is 4. The largest absolute Gasteiger partial charge is 0.707 e. The molecule has 0 fully saturated rings. The van der Waals surface area contributed by atoms with Crippen molar-refractivity contribution in [2.75, 3.05) is 0 Å². The summed E-state index contributed by atoms with van der Waals surface area (Å²) in [4.78, 5) is 0. The zero-order valence-corrected chi connectivity index (χ0v) is 12.7. The van der Waals surface area contributed by atoms with E-state index in [2.05, 4.69) is 36.4 Å². The summed E-state index contributed by atoms with van der Waals surface area (Å²) in [6, 6.07) is 22.5. The minimum absolute atomic E-state index is 0.485. The molecule has 0 amide bonds. The molecule has 1 aliphatic carbocycles. The van der Waals surface area contributed by atoms with Crippen molar-refractivity contribution in [3.63, 3.8) is 0 Å². The standard InChI is InChI=1S/C20H13BO3/c22-21(23)24-18-9-8-12-6-3-7-15-16-10-13-4-1-2-5-14(13)11-17(16)20(18)19(12)15/h1-11,22-23H. The maximum Gasteiger partial charge on any atom is 0.707 e. The molecule has 4 aromatic carbocycles. The first-order valence-electron chi connectivity index (χ1n) is 7.84. The molecule has 1 aliphatic rings. The van der Waals surface area contributed by atoms with E-state index in [0.717, 1.165) is 38.4 Å². The predicted molar refractivity (Wildman–Crippen MR) is 96.7 cm³/mol. The second-order valence-electron chi connectivity index (χ2n) is 6.03. The van der Waals surface area contributed by atoms with E-state index in [1.807, 2.05) is 24.3 Å². The lowest BCUT2D eigenvalue weighted by molar-refractivity contribution is 0.289. The highest BCUT2D eigenvalue weighted by atomic mass is 16.6. The first-order valence-corrected chi connectivity index (χ1v) is 7.84. The summed E-state index contributed by atoms with van der Waals surface area (Å²) in [5.41, 5.74) is 4.30. The van der Waals surface area contributed by atoms with Crippen LogP contribution in [-0.2, 0) is 0 Å². The molecule has 3 nitrogen and oxygen atoms in total. The molecule has 0 aromatic heterocycles. The van der Waals surface area contributed by atoms with Gasteiger partial charge in [-0.05, 0) is 51.0 Å². The highest BCUT2D eigenvalue weighted by molar-refractivity contribution is 6.34. The second-order valence-corrected chi connectivity index (χ2v) is 6.03.